The monoisotopic (exact) mass is 182 g/mol. The summed E-state index contributed by atoms with van der Waals surface area (Å²) in [6, 6.07) is 0. The van der Waals surface area contributed by atoms with E-state index in [0.717, 1.165) is 0 Å². The zero-order chi connectivity index (χ0) is 8.36. The fourth-order valence-corrected chi connectivity index (χ4v) is 1.38. The van der Waals surface area contributed by atoms with E-state index in [1.165, 1.54) is 57.8 Å². The summed E-state index contributed by atoms with van der Waals surface area (Å²) in [6.07, 6.45) is 13.0. The maximum atomic E-state index is 2.27. The molecule has 0 rings (SSSR count). The molecule has 0 aromatic rings. The molecule has 0 aromatic heterocycles. The summed E-state index contributed by atoms with van der Waals surface area (Å²) < 4.78 is 0. The Balaban J connectivity index is -0.000000167. The molecule has 1 heteroatoms. The van der Waals surface area contributed by atoms with Gasteiger partial charge in [0.1, 0.15) is 0 Å². The van der Waals surface area contributed by atoms with Crippen LogP contribution in [-0.2, 0) is 0 Å². The first-order valence-electron chi connectivity index (χ1n) is 5.41. The van der Waals surface area contributed by atoms with E-state index in [2.05, 4.69) is 13.8 Å². The fraction of sp³-hybridized carbons (Fsp3) is 1.00. The van der Waals surface area contributed by atoms with Gasteiger partial charge in [0.15, 0.2) is 0 Å². The van der Waals surface area contributed by atoms with Gasteiger partial charge < -0.3 is 2.85 Å². The van der Waals surface area contributed by atoms with Gasteiger partial charge in [-0.1, -0.05) is 71.6 Å². The largest absolute Gasteiger partial charge is 2.00 e. The average Bonchev–Trinajstić information content (AvgIpc) is 2.03. The van der Waals surface area contributed by atoms with Crippen molar-refractivity contribution in [2.45, 2.75) is 71.6 Å². The van der Waals surface area contributed by atoms with Crippen molar-refractivity contribution in [1.82, 2.24) is 0 Å². The van der Waals surface area contributed by atoms with Crippen LogP contribution in [0.1, 0.15) is 74.5 Å². The second-order valence-corrected chi connectivity index (χ2v) is 3.47. The Morgan fingerprint density at radius 3 is 1.08 bits per heavy atom. The van der Waals surface area contributed by atoms with Crippen molar-refractivity contribution >= 4 is 23.1 Å². The third-order valence-corrected chi connectivity index (χ3v) is 2.21. The number of unbranched alkanes of at least 4 members (excludes halogenated alkanes) is 8. The molecule has 0 heterocycles. The van der Waals surface area contributed by atoms with Crippen molar-refractivity contribution in [2.24, 2.45) is 0 Å². The standard InChI is InChI=1S/C11H24.Mg.2H/c1-3-5-7-9-11-10-8-6-4-2;;;/h3-11H2,1-2H3;;;/q;+2;2*-1. The van der Waals surface area contributed by atoms with Crippen molar-refractivity contribution in [3.8, 4) is 0 Å². The number of rotatable bonds is 8. The molecule has 0 radical (unpaired) electrons. The predicted octanol–water partition coefficient (Wildman–Crippen LogP) is 4.38. The zero-order valence-electron chi connectivity index (χ0n) is 11.1. The van der Waals surface area contributed by atoms with Gasteiger partial charge in [-0.15, -0.1) is 0 Å². The minimum atomic E-state index is 0. The SMILES string of the molecule is CCCCCCCCCCC.[H-].[H-].[Mg+2]. The zero-order valence-corrected chi connectivity index (χ0v) is 10.5. The summed E-state index contributed by atoms with van der Waals surface area (Å²) in [4.78, 5) is 0. The molecule has 0 aliphatic heterocycles. The maximum Gasteiger partial charge on any atom is 2.00 e. The summed E-state index contributed by atoms with van der Waals surface area (Å²) in [5.41, 5.74) is 0. The molecule has 0 aromatic carbocycles. The van der Waals surface area contributed by atoms with Crippen LogP contribution in [0.5, 0.6) is 0 Å². The first-order valence-corrected chi connectivity index (χ1v) is 5.41. The Hall–Kier alpha value is 0.766. The molecule has 0 nitrogen and oxygen atoms in total. The summed E-state index contributed by atoms with van der Waals surface area (Å²) in [5, 5.41) is 0. The third-order valence-electron chi connectivity index (χ3n) is 2.21. The molecular formula is C11H26Mg. The molecule has 72 valence electrons. The third kappa shape index (κ3) is 13.4. The Morgan fingerprint density at radius 1 is 0.583 bits per heavy atom. The van der Waals surface area contributed by atoms with Gasteiger partial charge in [-0.25, -0.2) is 0 Å². The molecular weight excluding hydrogens is 156 g/mol. The van der Waals surface area contributed by atoms with E-state index in [-0.39, 0.29) is 25.9 Å². The summed E-state index contributed by atoms with van der Waals surface area (Å²) in [6.45, 7) is 4.55. The molecule has 0 N–H and O–H groups in total. The van der Waals surface area contributed by atoms with Gasteiger partial charge >= 0.3 is 23.1 Å². The minimum absolute atomic E-state index is 0. The van der Waals surface area contributed by atoms with Crippen LogP contribution in [0.2, 0.25) is 0 Å². The van der Waals surface area contributed by atoms with Crippen LogP contribution in [0.25, 0.3) is 0 Å². The first-order chi connectivity index (χ1) is 5.41. The van der Waals surface area contributed by atoms with Crippen LogP contribution >= 0.6 is 0 Å². The minimum Gasteiger partial charge on any atom is -1.00 e. The van der Waals surface area contributed by atoms with E-state index >= 15 is 0 Å². The van der Waals surface area contributed by atoms with Crippen molar-refractivity contribution in [1.29, 1.82) is 0 Å². The van der Waals surface area contributed by atoms with Gasteiger partial charge in [0.25, 0.3) is 0 Å². The normalized spacial score (nSPS) is 9.50. The number of hydrogen-bond acceptors (Lipinski definition) is 0. The fourth-order valence-electron chi connectivity index (χ4n) is 1.38. The van der Waals surface area contributed by atoms with Crippen LogP contribution in [-0.4, -0.2) is 23.1 Å². The molecule has 12 heavy (non-hydrogen) atoms. The van der Waals surface area contributed by atoms with Crippen LogP contribution < -0.4 is 0 Å². The Morgan fingerprint density at radius 2 is 0.833 bits per heavy atom. The Labute approximate surface area is 97.6 Å². The van der Waals surface area contributed by atoms with Crippen LogP contribution in [0.4, 0.5) is 0 Å². The van der Waals surface area contributed by atoms with Crippen molar-refractivity contribution in [2.75, 3.05) is 0 Å². The van der Waals surface area contributed by atoms with E-state index in [1.807, 2.05) is 0 Å². The molecule has 0 aliphatic carbocycles. The summed E-state index contributed by atoms with van der Waals surface area (Å²) >= 11 is 0. The van der Waals surface area contributed by atoms with Gasteiger partial charge in [-0.3, -0.25) is 0 Å². The number of hydrogen-bond donors (Lipinski definition) is 0. The molecule has 0 saturated carbocycles. The van der Waals surface area contributed by atoms with Crippen molar-refractivity contribution in [3.63, 3.8) is 0 Å². The van der Waals surface area contributed by atoms with Crippen LogP contribution in [0, 0.1) is 0 Å². The molecule has 0 aliphatic rings. The van der Waals surface area contributed by atoms with Crippen molar-refractivity contribution in [3.05, 3.63) is 0 Å². The van der Waals surface area contributed by atoms with Gasteiger partial charge in [0.2, 0.25) is 0 Å². The van der Waals surface area contributed by atoms with E-state index in [1.54, 1.807) is 0 Å². The summed E-state index contributed by atoms with van der Waals surface area (Å²) in [7, 11) is 0. The van der Waals surface area contributed by atoms with E-state index < -0.39 is 0 Å². The Kier molecular flexibility index (Phi) is 18.2. The van der Waals surface area contributed by atoms with E-state index in [9.17, 15) is 0 Å². The molecule has 0 unspecified atom stereocenters. The second-order valence-electron chi connectivity index (χ2n) is 3.47. The molecule has 0 atom stereocenters. The van der Waals surface area contributed by atoms with Gasteiger partial charge in [-0.05, 0) is 0 Å². The average molecular weight is 183 g/mol. The first kappa shape index (κ1) is 15.2. The molecule has 0 saturated heterocycles. The van der Waals surface area contributed by atoms with Crippen LogP contribution in [0.15, 0.2) is 0 Å². The van der Waals surface area contributed by atoms with Gasteiger partial charge in [0, 0.05) is 0 Å². The molecule has 0 fully saturated rings. The smallest absolute Gasteiger partial charge is 1.00 e. The van der Waals surface area contributed by atoms with Crippen LogP contribution in [0.3, 0.4) is 0 Å². The maximum absolute atomic E-state index is 2.27. The van der Waals surface area contributed by atoms with E-state index in [0.29, 0.717) is 0 Å². The topological polar surface area (TPSA) is 0 Å². The van der Waals surface area contributed by atoms with E-state index in [4.69, 9.17) is 0 Å². The Bertz CT molecular complexity index is 62.3. The van der Waals surface area contributed by atoms with Gasteiger partial charge in [-0.2, -0.15) is 0 Å². The van der Waals surface area contributed by atoms with Gasteiger partial charge in [0.05, 0.1) is 0 Å². The second kappa shape index (κ2) is 14.3. The quantitative estimate of drug-likeness (QED) is 0.386. The molecule has 0 amide bonds. The molecule has 0 bridgehead atoms. The predicted molar refractivity (Wildman–Crippen MR) is 60.9 cm³/mol. The molecule has 0 spiro atoms. The summed E-state index contributed by atoms with van der Waals surface area (Å²) in [5.74, 6) is 0. The van der Waals surface area contributed by atoms with Crippen molar-refractivity contribution < 1.29 is 2.85 Å².